The number of hydrogen-bond acceptors (Lipinski definition) is 3. The fraction of sp³-hybridized carbons (Fsp3) is 0.333. The van der Waals surface area contributed by atoms with Gasteiger partial charge < -0.3 is 5.32 Å². The molecule has 1 heterocycles. The highest BCUT2D eigenvalue weighted by Gasteiger charge is 2.37. The van der Waals surface area contributed by atoms with Gasteiger partial charge in [-0.05, 0) is 38.5 Å². The van der Waals surface area contributed by atoms with Crippen molar-refractivity contribution >= 4 is 11.6 Å². The summed E-state index contributed by atoms with van der Waals surface area (Å²) in [7, 11) is 0. The summed E-state index contributed by atoms with van der Waals surface area (Å²) in [6.07, 6.45) is 0.933. The molecule has 0 bridgehead atoms. The lowest BCUT2D eigenvalue weighted by molar-refractivity contribution is 0.0816. The molecule has 130 valence electrons. The molecule has 0 aromatic heterocycles. The van der Waals surface area contributed by atoms with Crippen LogP contribution in [0, 0.1) is 0 Å². The van der Waals surface area contributed by atoms with Crippen LogP contribution in [0.5, 0.6) is 0 Å². The van der Waals surface area contributed by atoms with Crippen LogP contribution in [-0.4, -0.2) is 28.7 Å². The first-order valence-corrected chi connectivity index (χ1v) is 8.69. The van der Waals surface area contributed by atoms with Gasteiger partial charge in [0.15, 0.2) is 0 Å². The van der Waals surface area contributed by atoms with Crippen LogP contribution in [0.1, 0.15) is 49.2 Å². The maximum absolute atomic E-state index is 12.5. The van der Waals surface area contributed by atoms with Crippen molar-refractivity contribution in [3.8, 4) is 0 Å². The molecule has 1 aliphatic rings. The number of hydrogen-bond donors (Lipinski definition) is 1. The van der Waals surface area contributed by atoms with E-state index in [1.807, 2.05) is 48.5 Å². The number of hydrazone groups is 1. The molecule has 4 heteroatoms. The zero-order valence-electron chi connectivity index (χ0n) is 15.1. The van der Waals surface area contributed by atoms with Crippen LogP contribution in [0.25, 0.3) is 0 Å². The van der Waals surface area contributed by atoms with E-state index in [4.69, 9.17) is 5.10 Å². The molecule has 2 aromatic carbocycles. The summed E-state index contributed by atoms with van der Waals surface area (Å²) >= 11 is 0. The van der Waals surface area contributed by atoms with Gasteiger partial charge in [0.05, 0.1) is 11.6 Å². The third-order valence-corrected chi connectivity index (χ3v) is 4.56. The van der Waals surface area contributed by atoms with E-state index in [0.717, 1.165) is 17.7 Å². The lowest BCUT2D eigenvalue weighted by Gasteiger charge is -2.37. The SMILES string of the molecule is CC1=NN([C@@H](CNC(=O)c2ccccc2)c2ccccc2)C(C)(C)C1. The largest absolute Gasteiger partial charge is 0.350 e. The molecule has 0 saturated carbocycles. The van der Waals surface area contributed by atoms with Gasteiger partial charge in [-0.25, -0.2) is 0 Å². The van der Waals surface area contributed by atoms with Crippen molar-refractivity contribution in [2.24, 2.45) is 5.10 Å². The van der Waals surface area contributed by atoms with Gasteiger partial charge in [0, 0.05) is 24.2 Å². The summed E-state index contributed by atoms with van der Waals surface area (Å²) < 4.78 is 0. The Bertz CT molecular complexity index is 753. The van der Waals surface area contributed by atoms with Crippen LogP contribution in [0.15, 0.2) is 65.8 Å². The van der Waals surface area contributed by atoms with Crippen molar-refractivity contribution in [1.29, 1.82) is 0 Å². The highest BCUT2D eigenvalue weighted by atomic mass is 16.1. The minimum Gasteiger partial charge on any atom is -0.350 e. The number of nitrogens with zero attached hydrogens (tertiary/aromatic N) is 2. The van der Waals surface area contributed by atoms with E-state index in [1.165, 1.54) is 0 Å². The van der Waals surface area contributed by atoms with E-state index in [2.05, 4.69) is 43.2 Å². The summed E-state index contributed by atoms with van der Waals surface area (Å²) in [5.41, 5.74) is 2.89. The maximum Gasteiger partial charge on any atom is 0.251 e. The normalized spacial score (nSPS) is 17.1. The fourth-order valence-corrected chi connectivity index (χ4v) is 3.45. The van der Waals surface area contributed by atoms with E-state index >= 15 is 0 Å². The van der Waals surface area contributed by atoms with Crippen LogP contribution in [0.4, 0.5) is 0 Å². The Kier molecular flexibility index (Phi) is 4.88. The molecule has 2 aromatic rings. The predicted octanol–water partition coefficient (Wildman–Crippen LogP) is 4.02. The molecule has 0 radical (unpaired) electrons. The van der Waals surface area contributed by atoms with Crippen LogP contribution in [0.3, 0.4) is 0 Å². The molecule has 0 fully saturated rings. The molecule has 4 nitrogen and oxygen atoms in total. The third-order valence-electron chi connectivity index (χ3n) is 4.56. The quantitative estimate of drug-likeness (QED) is 0.897. The topological polar surface area (TPSA) is 44.7 Å². The van der Waals surface area contributed by atoms with Crippen molar-refractivity contribution in [3.05, 3.63) is 71.8 Å². The first kappa shape index (κ1) is 17.2. The summed E-state index contributed by atoms with van der Waals surface area (Å²) in [5, 5.41) is 9.99. The van der Waals surface area contributed by atoms with Crippen LogP contribution < -0.4 is 5.32 Å². The second-order valence-corrected chi connectivity index (χ2v) is 7.17. The van der Waals surface area contributed by atoms with E-state index in [1.54, 1.807) is 0 Å². The first-order chi connectivity index (χ1) is 12.0. The summed E-state index contributed by atoms with van der Waals surface area (Å²) in [5.74, 6) is -0.0563. The van der Waals surface area contributed by atoms with E-state index in [9.17, 15) is 4.79 Å². The molecular weight excluding hydrogens is 310 g/mol. The molecule has 25 heavy (non-hydrogen) atoms. The Hall–Kier alpha value is -2.62. The molecule has 0 aliphatic carbocycles. The van der Waals surface area contributed by atoms with Crippen LogP contribution in [0.2, 0.25) is 0 Å². The molecule has 0 saturated heterocycles. The standard InChI is InChI=1S/C21H25N3O/c1-16-14-21(2,3)24(23-16)19(17-10-6-4-7-11-17)15-22-20(25)18-12-8-5-9-13-18/h4-13,19H,14-15H2,1-3H3,(H,22,25)/t19-/m0/s1. The minimum atomic E-state index is -0.0674. The van der Waals surface area contributed by atoms with Crippen molar-refractivity contribution < 1.29 is 4.79 Å². The number of rotatable bonds is 5. The predicted molar refractivity (Wildman–Crippen MR) is 102 cm³/mol. The number of amides is 1. The van der Waals surface area contributed by atoms with Gasteiger partial charge in [-0.2, -0.15) is 5.10 Å². The highest BCUT2D eigenvalue weighted by molar-refractivity contribution is 5.94. The van der Waals surface area contributed by atoms with Gasteiger partial charge >= 0.3 is 0 Å². The van der Waals surface area contributed by atoms with Gasteiger partial charge in [-0.15, -0.1) is 0 Å². The molecule has 1 atom stereocenters. The average molecular weight is 335 g/mol. The zero-order chi connectivity index (χ0) is 17.9. The molecule has 3 rings (SSSR count). The Morgan fingerprint density at radius 3 is 2.28 bits per heavy atom. The fourth-order valence-electron chi connectivity index (χ4n) is 3.45. The smallest absolute Gasteiger partial charge is 0.251 e. The van der Waals surface area contributed by atoms with Crippen LogP contribution >= 0.6 is 0 Å². The van der Waals surface area contributed by atoms with Gasteiger partial charge in [-0.3, -0.25) is 9.80 Å². The highest BCUT2D eigenvalue weighted by Crippen LogP contribution is 2.35. The number of benzene rings is 2. The molecule has 1 N–H and O–H groups in total. The lowest BCUT2D eigenvalue weighted by atomic mass is 9.95. The zero-order valence-corrected chi connectivity index (χ0v) is 15.1. The number of nitrogens with one attached hydrogen (secondary N) is 1. The van der Waals surface area contributed by atoms with Gasteiger partial charge in [0.1, 0.15) is 0 Å². The molecular formula is C21H25N3O. The molecule has 0 spiro atoms. The average Bonchev–Trinajstić information content (AvgIpc) is 2.89. The summed E-state index contributed by atoms with van der Waals surface area (Å²) in [6.45, 7) is 6.97. The van der Waals surface area contributed by atoms with Gasteiger partial charge in [0.2, 0.25) is 0 Å². The van der Waals surface area contributed by atoms with Crippen molar-refractivity contribution in [3.63, 3.8) is 0 Å². The Labute approximate surface area is 149 Å². The first-order valence-electron chi connectivity index (χ1n) is 8.69. The van der Waals surface area contributed by atoms with Crippen LogP contribution in [-0.2, 0) is 0 Å². The lowest BCUT2D eigenvalue weighted by Crippen LogP contribution is -2.43. The van der Waals surface area contributed by atoms with E-state index in [-0.39, 0.29) is 17.5 Å². The second-order valence-electron chi connectivity index (χ2n) is 7.17. The minimum absolute atomic E-state index is 0.00122. The monoisotopic (exact) mass is 335 g/mol. The van der Waals surface area contributed by atoms with E-state index in [0.29, 0.717) is 12.1 Å². The second kappa shape index (κ2) is 7.09. The molecule has 1 aliphatic heterocycles. The van der Waals surface area contributed by atoms with Gasteiger partial charge in [-0.1, -0.05) is 48.5 Å². The number of carbonyl (C=O) groups is 1. The number of carbonyl (C=O) groups excluding carboxylic acids is 1. The summed E-state index contributed by atoms with van der Waals surface area (Å²) in [4.78, 5) is 12.5. The Morgan fingerprint density at radius 1 is 1.12 bits per heavy atom. The summed E-state index contributed by atoms with van der Waals surface area (Å²) in [6, 6.07) is 19.6. The van der Waals surface area contributed by atoms with Crippen molar-refractivity contribution in [2.45, 2.75) is 38.8 Å². The maximum atomic E-state index is 12.5. The third kappa shape index (κ3) is 3.90. The molecule has 0 unspecified atom stereocenters. The molecule has 1 amide bonds. The van der Waals surface area contributed by atoms with Gasteiger partial charge in [0.25, 0.3) is 5.91 Å². The Morgan fingerprint density at radius 2 is 1.72 bits per heavy atom. The van der Waals surface area contributed by atoms with E-state index < -0.39 is 0 Å². The van der Waals surface area contributed by atoms with Crippen molar-refractivity contribution in [1.82, 2.24) is 10.3 Å². The van der Waals surface area contributed by atoms with Crippen molar-refractivity contribution in [2.75, 3.05) is 6.54 Å². The Balaban J connectivity index is 1.82.